The van der Waals surface area contributed by atoms with Crippen LogP contribution >= 0.6 is 39.1 Å². The van der Waals surface area contributed by atoms with Crippen LogP contribution in [0.4, 0.5) is 13.2 Å². The van der Waals surface area contributed by atoms with Gasteiger partial charge in [0.2, 0.25) is 0 Å². The molecule has 2 rings (SSSR count). The third-order valence-corrected chi connectivity index (χ3v) is 4.62. The summed E-state index contributed by atoms with van der Waals surface area (Å²) in [6, 6.07) is 7.93. The quantitative estimate of drug-likeness (QED) is 0.558. The van der Waals surface area contributed by atoms with Crippen LogP contribution in [0.2, 0.25) is 5.02 Å². The molecular weight excluding hydrogens is 432 g/mol. The molecule has 0 fully saturated rings. The van der Waals surface area contributed by atoms with Crippen LogP contribution in [-0.2, 0) is 10.9 Å². The molecule has 0 saturated heterocycles. The van der Waals surface area contributed by atoms with Crippen molar-refractivity contribution in [1.82, 2.24) is 4.57 Å². The Hall–Kier alpha value is -1.20. The zero-order chi connectivity index (χ0) is 18.1. The second kappa shape index (κ2) is 7.36. The zero-order valence-electron chi connectivity index (χ0n) is 12.2. The highest BCUT2D eigenvalue weighted by Gasteiger charge is 2.42. The van der Waals surface area contributed by atoms with Crippen molar-refractivity contribution in [2.24, 2.45) is 0 Å². The molecular formula is C15H10BrCl2F3N2O. The molecule has 0 amide bonds. The Bertz CT molecular complexity index is 778. The van der Waals surface area contributed by atoms with Gasteiger partial charge in [-0.05, 0) is 33.6 Å². The Labute approximate surface area is 154 Å². The van der Waals surface area contributed by atoms with Crippen LogP contribution in [0.5, 0.6) is 0 Å². The average molecular weight is 442 g/mol. The third kappa shape index (κ3) is 3.42. The lowest BCUT2D eigenvalue weighted by molar-refractivity contribution is -0.147. The average Bonchev–Trinajstić information content (AvgIpc) is 2.82. The Morgan fingerprint density at radius 2 is 1.92 bits per heavy atom. The monoisotopic (exact) mass is 440 g/mol. The lowest BCUT2D eigenvalue weighted by atomic mass is 10.1. The van der Waals surface area contributed by atoms with Gasteiger partial charge < -0.3 is 9.30 Å². The molecule has 9 heteroatoms. The number of alkyl halides is 4. The van der Waals surface area contributed by atoms with E-state index in [2.05, 4.69) is 15.9 Å². The minimum atomic E-state index is -4.71. The smallest absolute Gasteiger partial charge is 0.360 e. The van der Waals surface area contributed by atoms with Crippen LogP contribution in [0.3, 0.4) is 0 Å². The van der Waals surface area contributed by atoms with Crippen LogP contribution in [0, 0.1) is 11.3 Å². The fraction of sp³-hybridized carbons (Fsp3) is 0.267. The fourth-order valence-electron chi connectivity index (χ4n) is 2.34. The molecule has 1 unspecified atom stereocenters. The van der Waals surface area contributed by atoms with Crippen molar-refractivity contribution in [3.8, 4) is 17.3 Å². The molecule has 0 N–H and O–H groups in total. The van der Waals surface area contributed by atoms with Crippen LogP contribution in [0.25, 0.3) is 11.3 Å². The summed E-state index contributed by atoms with van der Waals surface area (Å²) in [5, 5.41) is 9.81. The zero-order valence-corrected chi connectivity index (χ0v) is 15.3. The first-order chi connectivity index (χ1) is 11.3. The van der Waals surface area contributed by atoms with E-state index < -0.39 is 18.1 Å². The molecule has 0 saturated carbocycles. The lowest BCUT2D eigenvalue weighted by Crippen LogP contribution is -2.21. The second-order valence-electron chi connectivity index (χ2n) is 4.72. The standard InChI is InChI=1S/C15H10BrCl2F3N2O/c1-24-11(6-17)23-13(8-2-4-9(18)5-3-8)10(7-22)12(16)14(23)15(19,20)21/h2-5,11H,6H2,1H3. The van der Waals surface area contributed by atoms with Crippen molar-refractivity contribution in [3.05, 3.63) is 45.0 Å². The Morgan fingerprint density at radius 1 is 1.33 bits per heavy atom. The number of rotatable bonds is 4. The minimum Gasteiger partial charge on any atom is -0.360 e. The highest BCUT2D eigenvalue weighted by atomic mass is 79.9. The number of halogens is 6. The van der Waals surface area contributed by atoms with Gasteiger partial charge in [0.15, 0.2) is 0 Å². The first kappa shape index (κ1) is 19.1. The number of methoxy groups -OCH3 is 1. The number of hydrogen-bond acceptors (Lipinski definition) is 2. The third-order valence-electron chi connectivity index (χ3n) is 3.34. The van der Waals surface area contributed by atoms with Crippen LogP contribution < -0.4 is 0 Å². The lowest BCUT2D eigenvalue weighted by Gasteiger charge is -2.22. The van der Waals surface area contributed by atoms with Gasteiger partial charge in [0.05, 0.1) is 21.6 Å². The molecule has 0 aliphatic rings. The first-order valence-electron chi connectivity index (χ1n) is 6.51. The van der Waals surface area contributed by atoms with E-state index in [0.29, 0.717) is 10.6 Å². The number of nitrogens with zero attached hydrogens (tertiary/aromatic N) is 2. The van der Waals surface area contributed by atoms with Crippen molar-refractivity contribution >= 4 is 39.1 Å². The summed E-state index contributed by atoms with van der Waals surface area (Å²) >= 11 is 14.5. The summed E-state index contributed by atoms with van der Waals surface area (Å²) in [7, 11) is 1.25. The van der Waals surface area contributed by atoms with Gasteiger partial charge in [-0.15, -0.1) is 11.6 Å². The highest BCUT2D eigenvalue weighted by Crippen LogP contribution is 2.45. The van der Waals surface area contributed by atoms with Gasteiger partial charge in [0.1, 0.15) is 18.0 Å². The number of aromatic nitrogens is 1. The SMILES string of the molecule is COC(CCl)n1c(-c2ccc(Cl)cc2)c(C#N)c(Br)c1C(F)(F)F. The maximum Gasteiger partial charge on any atom is 0.432 e. The normalized spacial score (nSPS) is 12.9. The van der Waals surface area contributed by atoms with Crippen molar-refractivity contribution < 1.29 is 17.9 Å². The molecule has 0 bridgehead atoms. The second-order valence-corrected chi connectivity index (χ2v) is 6.26. The van der Waals surface area contributed by atoms with Crippen molar-refractivity contribution in [2.75, 3.05) is 13.0 Å². The summed E-state index contributed by atoms with van der Waals surface area (Å²) in [5.74, 6) is -0.230. The van der Waals surface area contributed by atoms with Gasteiger partial charge in [-0.3, -0.25) is 0 Å². The molecule has 1 atom stereocenters. The molecule has 0 aliphatic heterocycles. The molecule has 2 aromatic rings. The van der Waals surface area contributed by atoms with E-state index in [-0.39, 0.29) is 21.6 Å². The van der Waals surface area contributed by atoms with Gasteiger partial charge in [-0.1, -0.05) is 23.7 Å². The van der Waals surface area contributed by atoms with Gasteiger partial charge in [-0.25, -0.2) is 0 Å². The van der Waals surface area contributed by atoms with E-state index in [4.69, 9.17) is 27.9 Å². The Morgan fingerprint density at radius 3 is 2.33 bits per heavy atom. The van der Waals surface area contributed by atoms with E-state index in [1.165, 1.54) is 31.4 Å². The van der Waals surface area contributed by atoms with Gasteiger partial charge in [0, 0.05) is 12.1 Å². The van der Waals surface area contributed by atoms with Gasteiger partial charge >= 0.3 is 6.18 Å². The molecule has 1 heterocycles. The molecule has 0 aliphatic carbocycles. The van der Waals surface area contributed by atoms with E-state index >= 15 is 0 Å². The van der Waals surface area contributed by atoms with Crippen LogP contribution in [-0.4, -0.2) is 17.6 Å². The maximum absolute atomic E-state index is 13.6. The Balaban J connectivity index is 2.91. The summed E-state index contributed by atoms with van der Waals surface area (Å²) in [5.41, 5.74) is -0.742. The van der Waals surface area contributed by atoms with Crippen LogP contribution in [0.15, 0.2) is 28.7 Å². The first-order valence-corrected chi connectivity index (χ1v) is 8.22. The number of nitriles is 1. The van der Waals surface area contributed by atoms with E-state index in [0.717, 1.165) is 4.57 Å². The van der Waals surface area contributed by atoms with E-state index in [1.54, 1.807) is 0 Å². The van der Waals surface area contributed by atoms with Crippen LogP contribution in [0.1, 0.15) is 17.5 Å². The molecule has 0 radical (unpaired) electrons. The molecule has 128 valence electrons. The molecule has 1 aromatic heterocycles. The van der Waals surface area contributed by atoms with Gasteiger partial charge in [-0.2, -0.15) is 18.4 Å². The predicted octanol–water partition coefficient (Wildman–Crippen LogP) is 5.85. The summed E-state index contributed by atoms with van der Waals surface area (Å²) in [6.07, 6.45) is -5.81. The number of benzene rings is 1. The Kier molecular flexibility index (Phi) is 5.87. The molecule has 3 nitrogen and oxygen atoms in total. The van der Waals surface area contributed by atoms with Crippen molar-refractivity contribution in [1.29, 1.82) is 5.26 Å². The summed E-state index contributed by atoms with van der Waals surface area (Å²) < 4.78 is 46.3. The summed E-state index contributed by atoms with van der Waals surface area (Å²) in [6.45, 7) is 0. The molecule has 0 spiro atoms. The number of ether oxygens (including phenoxy) is 1. The molecule has 1 aromatic carbocycles. The largest absolute Gasteiger partial charge is 0.432 e. The fourth-order valence-corrected chi connectivity index (χ4v) is 3.42. The van der Waals surface area contributed by atoms with E-state index in [1.807, 2.05) is 6.07 Å². The minimum absolute atomic E-state index is 0.0564. The van der Waals surface area contributed by atoms with Crippen molar-refractivity contribution in [2.45, 2.75) is 12.4 Å². The number of hydrogen-bond donors (Lipinski definition) is 0. The summed E-state index contributed by atoms with van der Waals surface area (Å²) in [4.78, 5) is 0. The topological polar surface area (TPSA) is 38.0 Å². The molecule has 24 heavy (non-hydrogen) atoms. The predicted molar refractivity (Wildman–Crippen MR) is 89.1 cm³/mol. The highest BCUT2D eigenvalue weighted by molar-refractivity contribution is 9.10. The van der Waals surface area contributed by atoms with E-state index in [9.17, 15) is 18.4 Å². The van der Waals surface area contributed by atoms with Gasteiger partial charge in [0.25, 0.3) is 0 Å². The van der Waals surface area contributed by atoms with Crippen molar-refractivity contribution in [3.63, 3.8) is 0 Å². The maximum atomic E-state index is 13.6.